The molecule has 0 saturated carbocycles. The van der Waals surface area contributed by atoms with Gasteiger partial charge in [-0.15, -0.1) is 0 Å². The first-order chi connectivity index (χ1) is 17.6. The molecule has 0 aliphatic carbocycles. The SMILES string of the molecule is CNC(=O)[C@@H](NC(=O)Cc1nc(-c2ccc(Cl)cc2F)n2c1CN(C1CCNCC1)CCC2)C(C)(C)C. The van der Waals surface area contributed by atoms with Crippen LogP contribution in [0.2, 0.25) is 5.02 Å². The van der Waals surface area contributed by atoms with E-state index in [4.69, 9.17) is 16.6 Å². The number of nitrogens with zero attached hydrogens (tertiary/aromatic N) is 3. The van der Waals surface area contributed by atoms with Crippen LogP contribution in [-0.4, -0.2) is 65.0 Å². The largest absolute Gasteiger partial charge is 0.357 e. The molecule has 1 saturated heterocycles. The van der Waals surface area contributed by atoms with Gasteiger partial charge in [0, 0.05) is 37.7 Å². The number of imidazole rings is 1. The van der Waals surface area contributed by atoms with Crippen LogP contribution in [-0.2, 0) is 29.1 Å². The lowest BCUT2D eigenvalue weighted by Crippen LogP contribution is -2.53. The Morgan fingerprint density at radius 2 is 1.97 bits per heavy atom. The van der Waals surface area contributed by atoms with E-state index < -0.39 is 17.3 Å². The number of likely N-dealkylation sites (N-methyl/N-ethyl adjacent to an activating group) is 1. The number of rotatable bonds is 6. The van der Waals surface area contributed by atoms with Crippen LogP contribution in [0.25, 0.3) is 11.4 Å². The molecule has 0 radical (unpaired) electrons. The van der Waals surface area contributed by atoms with E-state index in [-0.39, 0.29) is 18.2 Å². The number of hydrogen-bond acceptors (Lipinski definition) is 5. The summed E-state index contributed by atoms with van der Waals surface area (Å²) in [4.78, 5) is 33.0. The highest BCUT2D eigenvalue weighted by molar-refractivity contribution is 6.30. The van der Waals surface area contributed by atoms with E-state index in [2.05, 4.69) is 25.4 Å². The number of benzene rings is 1. The van der Waals surface area contributed by atoms with Crippen LogP contribution in [0.4, 0.5) is 4.39 Å². The third kappa shape index (κ3) is 6.33. The molecule has 0 unspecified atom stereocenters. The van der Waals surface area contributed by atoms with E-state index in [1.165, 1.54) is 6.07 Å². The van der Waals surface area contributed by atoms with E-state index in [0.717, 1.165) is 44.6 Å². The average Bonchev–Trinajstić information content (AvgIpc) is 3.02. The molecule has 8 nitrogen and oxygen atoms in total. The predicted molar refractivity (Wildman–Crippen MR) is 143 cm³/mol. The van der Waals surface area contributed by atoms with Gasteiger partial charge in [0.2, 0.25) is 11.8 Å². The Labute approximate surface area is 223 Å². The van der Waals surface area contributed by atoms with Crippen molar-refractivity contribution in [2.45, 2.75) is 71.6 Å². The molecule has 1 aromatic heterocycles. The molecule has 202 valence electrons. The predicted octanol–water partition coefficient (Wildman–Crippen LogP) is 3.12. The lowest BCUT2D eigenvalue weighted by atomic mass is 9.86. The van der Waals surface area contributed by atoms with Gasteiger partial charge in [0.05, 0.1) is 23.4 Å². The van der Waals surface area contributed by atoms with Crippen molar-refractivity contribution in [3.63, 3.8) is 0 Å². The molecule has 2 amide bonds. The summed E-state index contributed by atoms with van der Waals surface area (Å²) >= 11 is 6.01. The zero-order valence-electron chi connectivity index (χ0n) is 22.2. The second-order valence-corrected chi connectivity index (χ2v) is 11.5. The van der Waals surface area contributed by atoms with Crippen molar-refractivity contribution < 1.29 is 14.0 Å². The maximum Gasteiger partial charge on any atom is 0.242 e. The topological polar surface area (TPSA) is 91.3 Å². The zero-order valence-corrected chi connectivity index (χ0v) is 22.9. The van der Waals surface area contributed by atoms with Gasteiger partial charge in [-0.2, -0.15) is 0 Å². The molecule has 2 aromatic rings. The van der Waals surface area contributed by atoms with Crippen molar-refractivity contribution in [3.8, 4) is 11.4 Å². The van der Waals surface area contributed by atoms with E-state index in [1.54, 1.807) is 19.2 Å². The van der Waals surface area contributed by atoms with E-state index in [0.29, 0.717) is 41.2 Å². The van der Waals surface area contributed by atoms with Crippen molar-refractivity contribution in [1.82, 2.24) is 30.4 Å². The van der Waals surface area contributed by atoms with Gasteiger partial charge in [0.1, 0.15) is 17.7 Å². The standard InChI is InChI=1S/C27H38ClFN6O2/c1-27(2,3)24(26(37)30-4)33-23(36)15-21-22-16-34(18-8-10-31-11-9-18)12-5-13-35(22)25(32-21)19-7-6-17(28)14-20(19)29/h6-7,14,18,24,31H,5,8-13,15-16H2,1-4H3,(H,30,37)(H,33,36)/t24-/m1/s1. The number of hydrogen-bond donors (Lipinski definition) is 3. The van der Waals surface area contributed by atoms with Gasteiger partial charge in [-0.05, 0) is 56.0 Å². The maximum atomic E-state index is 15.0. The molecular formula is C27H38ClFN6O2. The molecular weight excluding hydrogens is 495 g/mol. The first-order valence-corrected chi connectivity index (χ1v) is 13.5. The Hall–Kier alpha value is -2.49. The molecule has 2 aliphatic rings. The Morgan fingerprint density at radius 3 is 2.62 bits per heavy atom. The Balaban J connectivity index is 1.69. The van der Waals surface area contributed by atoms with Crippen molar-refractivity contribution in [2.24, 2.45) is 5.41 Å². The molecule has 3 N–H and O–H groups in total. The molecule has 37 heavy (non-hydrogen) atoms. The van der Waals surface area contributed by atoms with Gasteiger partial charge in [0.15, 0.2) is 0 Å². The van der Waals surface area contributed by atoms with Crippen LogP contribution in [0.3, 0.4) is 0 Å². The number of carbonyl (C=O) groups is 2. The summed E-state index contributed by atoms with van der Waals surface area (Å²) in [6, 6.07) is 4.36. The minimum atomic E-state index is -0.689. The minimum absolute atomic E-state index is 0.00811. The summed E-state index contributed by atoms with van der Waals surface area (Å²) in [5.41, 5.74) is 1.45. The fourth-order valence-electron chi connectivity index (χ4n) is 5.34. The van der Waals surface area contributed by atoms with Crippen LogP contribution in [0, 0.1) is 11.2 Å². The van der Waals surface area contributed by atoms with Gasteiger partial charge in [-0.3, -0.25) is 14.5 Å². The Morgan fingerprint density at radius 1 is 1.24 bits per heavy atom. The third-order valence-electron chi connectivity index (χ3n) is 7.34. The van der Waals surface area contributed by atoms with Crippen LogP contribution in [0.1, 0.15) is 51.4 Å². The number of piperidine rings is 1. The van der Waals surface area contributed by atoms with Crippen LogP contribution < -0.4 is 16.0 Å². The fraction of sp³-hybridized carbons (Fsp3) is 0.593. The summed E-state index contributed by atoms with van der Waals surface area (Å²) in [6.07, 6.45) is 3.06. The van der Waals surface area contributed by atoms with Crippen LogP contribution >= 0.6 is 11.6 Å². The average molecular weight is 533 g/mol. The molecule has 2 aliphatic heterocycles. The van der Waals surface area contributed by atoms with Gasteiger partial charge in [-0.1, -0.05) is 32.4 Å². The van der Waals surface area contributed by atoms with E-state index >= 15 is 0 Å². The lowest BCUT2D eigenvalue weighted by molar-refractivity contribution is -0.131. The quantitative estimate of drug-likeness (QED) is 0.532. The summed E-state index contributed by atoms with van der Waals surface area (Å²) in [7, 11) is 1.56. The van der Waals surface area contributed by atoms with Crippen molar-refractivity contribution in [1.29, 1.82) is 0 Å². The number of carbonyl (C=O) groups excluding carboxylic acids is 2. The molecule has 0 bridgehead atoms. The van der Waals surface area contributed by atoms with Crippen LogP contribution in [0.5, 0.6) is 0 Å². The zero-order chi connectivity index (χ0) is 26.7. The summed E-state index contributed by atoms with van der Waals surface area (Å²) in [6.45, 7) is 9.98. The normalized spacial score (nSPS) is 18.1. The van der Waals surface area contributed by atoms with Gasteiger partial charge >= 0.3 is 0 Å². The fourth-order valence-corrected chi connectivity index (χ4v) is 5.50. The first-order valence-electron chi connectivity index (χ1n) is 13.1. The molecule has 4 rings (SSSR count). The number of halogens is 2. The molecule has 1 atom stereocenters. The first kappa shape index (κ1) is 27.5. The number of aromatic nitrogens is 2. The molecule has 10 heteroatoms. The highest BCUT2D eigenvalue weighted by Gasteiger charge is 2.33. The smallest absolute Gasteiger partial charge is 0.242 e. The van der Waals surface area contributed by atoms with Crippen molar-refractivity contribution >= 4 is 23.4 Å². The molecule has 1 fully saturated rings. The second-order valence-electron chi connectivity index (χ2n) is 11.1. The lowest BCUT2D eigenvalue weighted by Gasteiger charge is -2.33. The summed E-state index contributed by atoms with van der Waals surface area (Å²) < 4.78 is 17.1. The number of fused-ring (bicyclic) bond motifs is 1. The van der Waals surface area contributed by atoms with Gasteiger partial charge in [0.25, 0.3) is 0 Å². The molecule has 1 aromatic carbocycles. The highest BCUT2D eigenvalue weighted by atomic mass is 35.5. The molecule has 0 spiro atoms. The number of amides is 2. The van der Waals surface area contributed by atoms with Gasteiger partial charge < -0.3 is 20.5 Å². The Kier molecular flexibility index (Phi) is 8.56. The van der Waals surface area contributed by atoms with Gasteiger partial charge in [-0.25, -0.2) is 9.37 Å². The van der Waals surface area contributed by atoms with Crippen molar-refractivity contribution in [3.05, 3.63) is 40.4 Å². The van der Waals surface area contributed by atoms with Crippen LogP contribution in [0.15, 0.2) is 18.2 Å². The van der Waals surface area contributed by atoms with E-state index in [9.17, 15) is 14.0 Å². The highest BCUT2D eigenvalue weighted by Crippen LogP contribution is 2.31. The minimum Gasteiger partial charge on any atom is -0.357 e. The third-order valence-corrected chi connectivity index (χ3v) is 7.58. The second kappa shape index (κ2) is 11.5. The Bertz CT molecular complexity index is 1140. The summed E-state index contributed by atoms with van der Waals surface area (Å²) in [5.74, 6) is -0.461. The van der Waals surface area contributed by atoms with E-state index in [1.807, 2.05) is 20.8 Å². The monoisotopic (exact) mass is 532 g/mol. The summed E-state index contributed by atoms with van der Waals surface area (Å²) in [5, 5.41) is 9.29. The maximum absolute atomic E-state index is 15.0. The molecule has 3 heterocycles. The number of nitrogens with one attached hydrogen (secondary N) is 3. The van der Waals surface area contributed by atoms with Crippen molar-refractivity contribution in [2.75, 3.05) is 26.7 Å².